The van der Waals surface area contributed by atoms with E-state index in [0.717, 1.165) is 12.1 Å². The average Bonchev–Trinajstić information content (AvgIpc) is 2.73. The van der Waals surface area contributed by atoms with Gasteiger partial charge in [-0.3, -0.25) is 0 Å². The summed E-state index contributed by atoms with van der Waals surface area (Å²) in [7, 11) is 0. The number of aryl methyl sites for hydroxylation is 1. The fraction of sp³-hybridized carbons (Fsp3) is 0.333. The van der Waals surface area contributed by atoms with Crippen molar-refractivity contribution in [2.24, 2.45) is 0 Å². The molecular formula is C12H15N3S. The lowest BCUT2D eigenvalue weighted by Gasteiger charge is -2.17. The Morgan fingerprint density at radius 3 is 2.69 bits per heavy atom. The fourth-order valence-electron chi connectivity index (χ4n) is 1.77. The molecule has 2 rings (SSSR count). The van der Waals surface area contributed by atoms with Gasteiger partial charge in [0.1, 0.15) is 6.33 Å². The van der Waals surface area contributed by atoms with Gasteiger partial charge in [-0.05, 0) is 30.5 Å². The van der Waals surface area contributed by atoms with Gasteiger partial charge in [-0.15, -0.1) is 11.3 Å². The third kappa shape index (κ3) is 2.28. The van der Waals surface area contributed by atoms with Crippen molar-refractivity contribution in [1.82, 2.24) is 15.3 Å². The molecule has 0 saturated heterocycles. The number of aromatic nitrogens is 2. The molecule has 3 nitrogen and oxygen atoms in total. The van der Waals surface area contributed by atoms with Gasteiger partial charge in [-0.25, -0.2) is 9.97 Å². The number of thiophene rings is 1. The largest absolute Gasteiger partial charge is 0.306 e. The van der Waals surface area contributed by atoms with E-state index in [-0.39, 0.29) is 6.04 Å². The molecule has 4 heteroatoms. The van der Waals surface area contributed by atoms with E-state index in [2.05, 4.69) is 40.6 Å². The van der Waals surface area contributed by atoms with E-state index in [0.29, 0.717) is 0 Å². The van der Waals surface area contributed by atoms with Crippen LogP contribution in [0.1, 0.15) is 29.0 Å². The van der Waals surface area contributed by atoms with E-state index in [1.807, 2.05) is 12.4 Å². The average molecular weight is 233 g/mol. The van der Waals surface area contributed by atoms with Gasteiger partial charge >= 0.3 is 0 Å². The predicted molar refractivity (Wildman–Crippen MR) is 66.6 cm³/mol. The summed E-state index contributed by atoms with van der Waals surface area (Å²) in [4.78, 5) is 9.50. The van der Waals surface area contributed by atoms with Crippen LogP contribution in [0.4, 0.5) is 0 Å². The van der Waals surface area contributed by atoms with Gasteiger partial charge in [0.2, 0.25) is 0 Å². The number of rotatable bonds is 4. The lowest BCUT2D eigenvalue weighted by molar-refractivity contribution is 0.625. The van der Waals surface area contributed by atoms with Gasteiger partial charge in [0.25, 0.3) is 0 Å². The van der Waals surface area contributed by atoms with Crippen molar-refractivity contribution in [3.05, 3.63) is 46.2 Å². The topological polar surface area (TPSA) is 37.8 Å². The SMILES string of the molecule is CCNC(c1cncnc1)c1ccsc1C. The predicted octanol–water partition coefficient (Wildman–Crippen LogP) is 2.55. The van der Waals surface area contributed by atoms with Crippen LogP contribution >= 0.6 is 11.3 Å². The maximum absolute atomic E-state index is 4.08. The number of nitrogens with one attached hydrogen (secondary N) is 1. The van der Waals surface area contributed by atoms with Gasteiger partial charge < -0.3 is 5.32 Å². The highest BCUT2D eigenvalue weighted by molar-refractivity contribution is 7.10. The first kappa shape index (κ1) is 11.2. The molecule has 1 atom stereocenters. The van der Waals surface area contributed by atoms with Crippen molar-refractivity contribution in [3.63, 3.8) is 0 Å². The molecule has 16 heavy (non-hydrogen) atoms. The van der Waals surface area contributed by atoms with Gasteiger partial charge in [0.05, 0.1) is 6.04 Å². The summed E-state index contributed by atoms with van der Waals surface area (Å²) in [6.45, 7) is 5.18. The molecule has 0 aliphatic carbocycles. The molecule has 0 spiro atoms. The van der Waals surface area contributed by atoms with E-state index in [9.17, 15) is 0 Å². The van der Waals surface area contributed by atoms with Crippen LogP contribution in [-0.2, 0) is 0 Å². The molecule has 2 heterocycles. The summed E-state index contributed by atoms with van der Waals surface area (Å²) in [6.07, 6.45) is 5.31. The molecule has 2 aromatic rings. The summed E-state index contributed by atoms with van der Waals surface area (Å²) in [6, 6.07) is 2.37. The molecule has 0 aromatic carbocycles. The van der Waals surface area contributed by atoms with Crippen LogP contribution in [0.25, 0.3) is 0 Å². The number of nitrogens with zero attached hydrogens (tertiary/aromatic N) is 2. The first-order chi connectivity index (χ1) is 7.83. The maximum Gasteiger partial charge on any atom is 0.115 e. The van der Waals surface area contributed by atoms with Gasteiger partial charge in [0.15, 0.2) is 0 Å². The van der Waals surface area contributed by atoms with Gasteiger partial charge in [0, 0.05) is 22.8 Å². The van der Waals surface area contributed by atoms with Crippen molar-refractivity contribution in [3.8, 4) is 0 Å². The van der Waals surface area contributed by atoms with Crippen LogP contribution < -0.4 is 5.32 Å². The minimum atomic E-state index is 0.206. The van der Waals surface area contributed by atoms with Crippen molar-refractivity contribution in [2.45, 2.75) is 19.9 Å². The van der Waals surface area contributed by atoms with E-state index in [1.54, 1.807) is 17.7 Å². The molecule has 0 amide bonds. The normalized spacial score (nSPS) is 12.6. The van der Waals surface area contributed by atoms with E-state index >= 15 is 0 Å². The molecule has 0 aliphatic heterocycles. The molecule has 1 unspecified atom stereocenters. The molecule has 0 saturated carbocycles. The molecule has 0 fully saturated rings. The van der Waals surface area contributed by atoms with Gasteiger partial charge in [-0.2, -0.15) is 0 Å². The Labute approximate surface area is 99.6 Å². The highest BCUT2D eigenvalue weighted by Gasteiger charge is 2.15. The second kappa shape index (κ2) is 5.18. The zero-order chi connectivity index (χ0) is 11.4. The van der Waals surface area contributed by atoms with Crippen LogP contribution in [0.2, 0.25) is 0 Å². The molecular weight excluding hydrogens is 218 g/mol. The van der Waals surface area contributed by atoms with E-state index in [1.165, 1.54) is 10.4 Å². The molecule has 84 valence electrons. The number of hydrogen-bond acceptors (Lipinski definition) is 4. The molecule has 0 radical (unpaired) electrons. The second-order valence-electron chi connectivity index (χ2n) is 3.59. The smallest absolute Gasteiger partial charge is 0.115 e. The molecule has 1 N–H and O–H groups in total. The van der Waals surface area contributed by atoms with Gasteiger partial charge in [-0.1, -0.05) is 6.92 Å². The molecule has 0 bridgehead atoms. The van der Waals surface area contributed by atoms with Crippen LogP contribution in [0.5, 0.6) is 0 Å². The minimum absolute atomic E-state index is 0.206. The van der Waals surface area contributed by atoms with Crippen molar-refractivity contribution in [1.29, 1.82) is 0 Å². The van der Waals surface area contributed by atoms with Crippen LogP contribution in [0, 0.1) is 6.92 Å². The Kier molecular flexibility index (Phi) is 3.64. The Hall–Kier alpha value is -1.26. The van der Waals surface area contributed by atoms with Crippen molar-refractivity contribution >= 4 is 11.3 Å². The summed E-state index contributed by atoms with van der Waals surface area (Å²) >= 11 is 1.77. The second-order valence-corrected chi connectivity index (χ2v) is 4.71. The first-order valence-electron chi connectivity index (χ1n) is 5.35. The standard InChI is InChI=1S/C12H15N3S/c1-3-15-12(10-6-13-8-14-7-10)11-4-5-16-9(11)2/h4-8,12,15H,3H2,1-2H3. The summed E-state index contributed by atoms with van der Waals surface area (Å²) in [5.41, 5.74) is 2.44. The fourth-order valence-corrected chi connectivity index (χ4v) is 2.51. The van der Waals surface area contributed by atoms with Crippen LogP contribution in [0.3, 0.4) is 0 Å². The quantitative estimate of drug-likeness (QED) is 0.882. The highest BCUT2D eigenvalue weighted by Crippen LogP contribution is 2.27. The van der Waals surface area contributed by atoms with Crippen LogP contribution in [-0.4, -0.2) is 16.5 Å². The lowest BCUT2D eigenvalue weighted by atomic mass is 10.0. The van der Waals surface area contributed by atoms with Crippen molar-refractivity contribution < 1.29 is 0 Å². The Morgan fingerprint density at radius 1 is 1.38 bits per heavy atom. The lowest BCUT2D eigenvalue weighted by Crippen LogP contribution is -2.22. The Bertz CT molecular complexity index is 439. The number of hydrogen-bond donors (Lipinski definition) is 1. The zero-order valence-electron chi connectivity index (χ0n) is 9.47. The summed E-state index contributed by atoms with van der Waals surface area (Å²) in [5, 5.41) is 5.59. The third-order valence-corrected chi connectivity index (χ3v) is 3.39. The zero-order valence-corrected chi connectivity index (χ0v) is 10.3. The van der Waals surface area contributed by atoms with Crippen LogP contribution in [0.15, 0.2) is 30.2 Å². The maximum atomic E-state index is 4.08. The first-order valence-corrected chi connectivity index (χ1v) is 6.23. The highest BCUT2D eigenvalue weighted by atomic mass is 32.1. The summed E-state index contributed by atoms with van der Waals surface area (Å²) < 4.78 is 0. The van der Waals surface area contributed by atoms with E-state index in [4.69, 9.17) is 0 Å². The Morgan fingerprint density at radius 2 is 2.12 bits per heavy atom. The Balaban J connectivity index is 2.35. The molecule has 0 aliphatic rings. The monoisotopic (exact) mass is 233 g/mol. The van der Waals surface area contributed by atoms with E-state index < -0.39 is 0 Å². The van der Waals surface area contributed by atoms with Crippen molar-refractivity contribution in [2.75, 3.05) is 6.54 Å². The minimum Gasteiger partial charge on any atom is -0.306 e. The summed E-state index contributed by atoms with van der Waals surface area (Å²) in [5.74, 6) is 0. The molecule has 2 aromatic heterocycles. The third-order valence-electron chi connectivity index (χ3n) is 2.53.